The molecule has 1 rings (SSSR count). The van der Waals surface area contributed by atoms with Crippen molar-refractivity contribution in [3.63, 3.8) is 0 Å². The first kappa shape index (κ1) is 15.5. The van der Waals surface area contributed by atoms with Gasteiger partial charge in [-0.25, -0.2) is 0 Å². The average molecular weight is 339 g/mol. The lowest BCUT2D eigenvalue weighted by Crippen LogP contribution is -2.30. The number of hydrogen-bond acceptors (Lipinski definition) is 4. The fourth-order valence-corrected chi connectivity index (χ4v) is 2.19. The van der Waals surface area contributed by atoms with E-state index >= 15 is 0 Å². The van der Waals surface area contributed by atoms with Crippen LogP contribution in [-0.2, 0) is 22.6 Å². The van der Waals surface area contributed by atoms with Gasteiger partial charge in [-0.05, 0) is 29.8 Å². The van der Waals surface area contributed by atoms with Crippen molar-refractivity contribution in [1.82, 2.24) is 15.1 Å². The summed E-state index contributed by atoms with van der Waals surface area (Å²) >= 11 is 9.35. The summed E-state index contributed by atoms with van der Waals surface area (Å²) in [7, 11) is 1.32. The van der Waals surface area contributed by atoms with Gasteiger partial charge >= 0.3 is 5.97 Å². The van der Waals surface area contributed by atoms with Gasteiger partial charge in [-0.1, -0.05) is 0 Å². The van der Waals surface area contributed by atoms with Crippen LogP contribution in [0.3, 0.4) is 0 Å². The zero-order valence-electron chi connectivity index (χ0n) is 10.7. The van der Waals surface area contributed by atoms with E-state index in [4.69, 9.17) is 11.6 Å². The first-order valence-electron chi connectivity index (χ1n) is 5.65. The van der Waals surface area contributed by atoms with Crippen LogP contribution < -0.4 is 5.32 Å². The first-order valence-corrected chi connectivity index (χ1v) is 6.88. The Hall–Kier alpha value is -0.590. The molecule has 0 spiro atoms. The van der Waals surface area contributed by atoms with Crippen LogP contribution in [0.2, 0.25) is 0 Å². The molecule has 1 unspecified atom stereocenters. The van der Waals surface area contributed by atoms with Gasteiger partial charge < -0.3 is 10.1 Å². The maximum absolute atomic E-state index is 11.1. The Balaban J connectivity index is 2.56. The summed E-state index contributed by atoms with van der Waals surface area (Å²) < 4.78 is 7.45. The predicted octanol–water partition coefficient (Wildman–Crippen LogP) is 1.84. The van der Waals surface area contributed by atoms with Crippen LogP contribution in [0.4, 0.5) is 0 Å². The summed E-state index contributed by atoms with van der Waals surface area (Å²) in [4.78, 5) is 11.1. The lowest BCUT2D eigenvalue weighted by atomic mass is 10.3. The van der Waals surface area contributed by atoms with Gasteiger partial charge in [0.1, 0.15) is 5.38 Å². The summed E-state index contributed by atoms with van der Waals surface area (Å²) in [5, 5.41) is 6.83. The molecule has 0 aliphatic rings. The molecule has 102 valence electrons. The van der Waals surface area contributed by atoms with Gasteiger partial charge in [-0.3, -0.25) is 9.48 Å². The van der Waals surface area contributed by atoms with E-state index in [0.717, 1.165) is 22.4 Å². The number of carbonyl (C=O) groups excluding carboxylic acids is 1. The molecule has 1 aromatic rings. The van der Waals surface area contributed by atoms with Gasteiger partial charge in [0.15, 0.2) is 0 Å². The minimum absolute atomic E-state index is 0.356. The lowest BCUT2D eigenvalue weighted by molar-refractivity contribution is -0.140. The van der Waals surface area contributed by atoms with Crippen molar-refractivity contribution in [2.45, 2.75) is 32.3 Å². The second kappa shape index (κ2) is 7.11. The van der Waals surface area contributed by atoms with Crippen LogP contribution in [0.15, 0.2) is 4.47 Å². The van der Waals surface area contributed by atoms with Crippen LogP contribution in [0, 0.1) is 6.92 Å². The highest BCUT2D eigenvalue weighted by atomic mass is 79.9. The quantitative estimate of drug-likeness (QED) is 0.635. The van der Waals surface area contributed by atoms with Crippen molar-refractivity contribution >= 4 is 33.5 Å². The Labute approximate surface area is 120 Å². The van der Waals surface area contributed by atoms with Gasteiger partial charge in [0.05, 0.1) is 23.0 Å². The Morgan fingerprint density at radius 1 is 1.67 bits per heavy atom. The number of esters is 1. The van der Waals surface area contributed by atoms with Crippen molar-refractivity contribution in [3.8, 4) is 0 Å². The number of hydrogen-bond donors (Lipinski definition) is 1. The number of nitrogens with zero attached hydrogens (tertiary/aromatic N) is 2. The van der Waals surface area contributed by atoms with E-state index in [1.54, 1.807) is 0 Å². The lowest BCUT2D eigenvalue weighted by Gasteiger charge is -2.10. The molecule has 0 fully saturated rings. The molecule has 7 heteroatoms. The molecular formula is C11H17BrClN3O2. The van der Waals surface area contributed by atoms with Crippen LogP contribution in [-0.4, -0.2) is 34.8 Å². The highest BCUT2D eigenvalue weighted by molar-refractivity contribution is 9.10. The summed E-state index contributed by atoms with van der Waals surface area (Å²) in [6.07, 6.45) is 0. The van der Waals surface area contributed by atoms with Crippen molar-refractivity contribution in [1.29, 1.82) is 0 Å². The molecule has 5 nitrogen and oxygen atoms in total. The number of ether oxygens (including phenoxy) is 1. The number of aromatic nitrogens is 2. The zero-order chi connectivity index (χ0) is 13.7. The molecule has 1 N–H and O–H groups in total. The van der Waals surface area contributed by atoms with E-state index < -0.39 is 11.3 Å². The molecule has 0 aliphatic heterocycles. The number of nitrogens with one attached hydrogen (secondary N) is 1. The Morgan fingerprint density at radius 2 is 2.33 bits per heavy atom. The maximum Gasteiger partial charge on any atom is 0.325 e. The third-order valence-corrected chi connectivity index (χ3v) is 3.89. The first-order chi connectivity index (χ1) is 8.51. The normalized spacial score (nSPS) is 12.5. The van der Waals surface area contributed by atoms with Gasteiger partial charge in [0.25, 0.3) is 0 Å². The largest absolute Gasteiger partial charge is 0.468 e. The van der Waals surface area contributed by atoms with E-state index in [2.05, 4.69) is 31.1 Å². The van der Waals surface area contributed by atoms with E-state index in [1.165, 1.54) is 7.11 Å². The molecule has 0 saturated heterocycles. The summed E-state index contributed by atoms with van der Waals surface area (Å²) in [6.45, 7) is 5.72. The monoisotopic (exact) mass is 337 g/mol. The van der Waals surface area contributed by atoms with E-state index in [0.29, 0.717) is 13.1 Å². The summed E-state index contributed by atoms with van der Waals surface area (Å²) in [6, 6.07) is 0. The zero-order valence-corrected chi connectivity index (χ0v) is 13.0. The maximum atomic E-state index is 11.1. The van der Waals surface area contributed by atoms with Crippen molar-refractivity contribution in [2.24, 2.45) is 0 Å². The van der Waals surface area contributed by atoms with Gasteiger partial charge in [0.2, 0.25) is 0 Å². The molecule has 0 radical (unpaired) electrons. The van der Waals surface area contributed by atoms with E-state index in [-0.39, 0.29) is 0 Å². The minimum Gasteiger partial charge on any atom is -0.468 e. The van der Waals surface area contributed by atoms with Crippen molar-refractivity contribution < 1.29 is 9.53 Å². The molecular weight excluding hydrogens is 321 g/mol. The highest BCUT2D eigenvalue weighted by Crippen LogP contribution is 2.20. The number of alkyl halides is 1. The fraction of sp³-hybridized carbons (Fsp3) is 0.636. The van der Waals surface area contributed by atoms with Crippen LogP contribution >= 0.6 is 27.5 Å². The van der Waals surface area contributed by atoms with E-state index in [9.17, 15) is 4.79 Å². The van der Waals surface area contributed by atoms with Gasteiger partial charge in [-0.15, -0.1) is 11.6 Å². The molecule has 0 aliphatic carbocycles. The van der Waals surface area contributed by atoms with Crippen molar-refractivity contribution in [2.75, 3.05) is 13.7 Å². The number of halogens is 2. The molecule has 1 aromatic heterocycles. The molecule has 1 heterocycles. The second-order valence-electron chi connectivity index (χ2n) is 3.78. The molecule has 0 bridgehead atoms. The van der Waals surface area contributed by atoms with Crippen LogP contribution in [0.25, 0.3) is 0 Å². The highest BCUT2D eigenvalue weighted by Gasteiger charge is 2.16. The Morgan fingerprint density at radius 3 is 2.89 bits per heavy atom. The fourth-order valence-electron chi connectivity index (χ4n) is 1.57. The Bertz CT molecular complexity index is 423. The number of aryl methyl sites for hydroxylation is 2. The summed E-state index contributed by atoms with van der Waals surface area (Å²) in [5.74, 6) is -0.427. The molecule has 1 atom stereocenters. The Kier molecular flexibility index (Phi) is 6.11. The van der Waals surface area contributed by atoms with Crippen LogP contribution in [0.1, 0.15) is 18.3 Å². The second-order valence-corrected chi connectivity index (χ2v) is 5.10. The molecule has 0 amide bonds. The molecule has 0 saturated carbocycles. The van der Waals surface area contributed by atoms with Crippen molar-refractivity contribution in [3.05, 3.63) is 15.9 Å². The number of rotatable bonds is 6. The predicted molar refractivity (Wildman–Crippen MR) is 73.7 cm³/mol. The van der Waals surface area contributed by atoms with E-state index in [1.807, 2.05) is 18.5 Å². The third-order valence-electron chi connectivity index (χ3n) is 2.53. The minimum atomic E-state index is -0.673. The molecule has 0 aromatic carbocycles. The average Bonchev–Trinajstić information content (AvgIpc) is 2.65. The smallest absolute Gasteiger partial charge is 0.325 e. The summed E-state index contributed by atoms with van der Waals surface area (Å²) in [5.41, 5.74) is 1.99. The topological polar surface area (TPSA) is 56.2 Å². The standard InChI is InChI=1S/C11H17BrClN3O2/c1-4-16-9(10(12)7(2)15-16)6-14-5-8(13)11(17)18-3/h8,14H,4-6H2,1-3H3. The molecule has 18 heavy (non-hydrogen) atoms. The number of methoxy groups -OCH3 is 1. The SMILES string of the molecule is CCn1nc(C)c(Br)c1CNCC(Cl)C(=O)OC. The van der Waals surface area contributed by atoms with Gasteiger partial charge in [0, 0.05) is 19.6 Å². The third kappa shape index (κ3) is 3.70. The number of carbonyl (C=O) groups is 1. The van der Waals surface area contributed by atoms with Crippen LogP contribution in [0.5, 0.6) is 0 Å². The van der Waals surface area contributed by atoms with Gasteiger partial charge in [-0.2, -0.15) is 5.10 Å².